The van der Waals surface area contributed by atoms with Crippen LogP contribution < -0.4 is 15.0 Å². The van der Waals surface area contributed by atoms with Gasteiger partial charge in [0.15, 0.2) is 17.9 Å². The Labute approximate surface area is 216 Å². The molecule has 196 valence electrons. The number of fused-ring (bicyclic) bond motifs is 1. The molecule has 8 heteroatoms. The van der Waals surface area contributed by atoms with Gasteiger partial charge in [0.25, 0.3) is 5.91 Å². The molecule has 0 aromatic heterocycles. The summed E-state index contributed by atoms with van der Waals surface area (Å²) in [5.41, 5.74) is 2.46. The highest BCUT2D eigenvalue weighted by Crippen LogP contribution is 2.38. The molecule has 1 amide bonds. The molecule has 2 N–H and O–H groups in total. The quantitative estimate of drug-likeness (QED) is 0.424. The Hall–Kier alpha value is -3.62. The second-order valence-electron chi connectivity index (χ2n) is 9.48. The van der Waals surface area contributed by atoms with Gasteiger partial charge in [-0.15, -0.1) is 0 Å². The lowest BCUT2D eigenvalue weighted by Crippen LogP contribution is -2.34. The number of aromatic hydroxyl groups is 1. The topological polar surface area (TPSA) is 80.3 Å². The smallest absolute Gasteiger partial charge is 0.255 e. The normalized spacial score (nSPS) is 16.6. The standard InChI is InChI=1S/C27H27FN2O5.C2H6/c1-27(2)15-34-26(35-16-27)20-13-17(14-21(28)24(20)31)25(32)29-18-7-9-19(10-8-18)30-11-12-33-23-6-4-3-5-22(23)30;1-2/h3-10,13-14,26,31H,11-12,15-16H2,1-2H3,(H,29,32);1-2H3. The third-order valence-electron chi connectivity index (χ3n) is 6.03. The van der Waals surface area contributed by atoms with Gasteiger partial charge in [-0.3, -0.25) is 4.79 Å². The number of carbonyl (C=O) groups excluding carboxylic acids is 1. The average molecular weight is 509 g/mol. The Balaban J connectivity index is 0.00000156. The molecule has 0 spiro atoms. The molecular formula is C29H33FN2O5. The zero-order chi connectivity index (χ0) is 26.6. The number of para-hydroxylation sites is 2. The fourth-order valence-corrected chi connectivity index (χ4v) is 4.17. The van der Waals surface area contributed by atoms with Gasteiger partial charge in [-0.05, 0) is 48.5 Å². The minimum Gasteiger partial charge on any atom is -0.504 e. The van der Waals surface area contributed by atoms with Crippen molar-refractivity contribution in [2.45, 2.75) is 34.0 Å². The van der Waals surface area contributed by atoms with Gasteiger partial charge in [-0.2, -0.15) is 0 Å². The van der Waals surface area contributed by atoms with E-state index >= 15 is 0 Å². The Morgan fingerprint density at radius 2 is 1.73 bits per heavy atom. The van der Waals surface area contributed by atoms with Gasteiger partial charge in [0.05, 0.1) is 31.0 Å². The first kappa shape index (κ1) is 26.4. The van der Waals surface area contributed by atoms with E-state index in [0.29, 0.717) is 32.1 Å². The number of nitrogens with zero attached hydrogens (tertiary/aromatic N) is 1. The van der Waals surface area contributed by atoms with Crippen LogP contribution in [0.2, 0.25) is 0 Å². The van der Waals surface area contributed by atoms with Crippen molar-refractivity contribution in [3.63, 3.8) is 0 Å². The number of hydrogen-bond donors (Lipinski definition) is 2. The van der Waals surface area contributed by atoms with E-state index in [2.05, 4.69) is 10.2 Å². The summed E-state index contributed by atoms with van der Waals surface area (Å²) in [6, 6.07) is 17.6. The number of phenols is 1. The van der Waals surface area contributed by atoms with Gasteiger partial charge in [-0.1, -0.05) is 39.8 Å². The first-order valence-corrected chi connectivity index (χ1v) is 12.5. The van der Waals surface area contributed by atoms with E-state index in [-0.39, 0.29) is 16.5 Å². The molecule has 0 radical (unpaired) electrons. The summed E-state index contributed by atoms with van der Waals surface area (Å²) in [6.07, 6.45) is -0.944. The summed E-state index contributed by atoms with van der Waals surface area (Å²) in [6.45, 7) is 10.0. The monoisotopic (exact) mass is 508 g/mol. The summed E-state index contributed by atoms with van der Waals surface area (Å²) in [7, 11) is 0. The number of phenolic OH excluding ortho intramolecular Hbond substituents is 1. The number of rotatable bonds is 4. The molecule has 1 saturated heterocycles. The first-order chi connectivity index (χ1) is 17.8. The summed E-state index contributed by atoms with van der Waals surface area (Å²) in [5, 5.41) is 13.0. The SMILES string of the molecule is CC.CC1(C)COC(c2cc(C(=O)Nc3ccc(N4CCOc5ccccc54)cc3)cc(F)c2O)OC1. The van der Waals surface area contributed by atoms with Crippen LogP contribution in [0.3, 0.4) is 0 Å². The summed E-state index contributed by atoms with van der Waals surface area (Å²) in [4.78, 5) is 15.0. The lowest BCUT2D eigenvalue weighted by atomic mass is 9.95. The molecule has 5 rings (SSSR count). The van der Waals surface area contributed by atoms with E-state index in [0.717, 1.165) is 23.2 Å². The predicted molar refractivity (Wildman–Crippen MR) is 141 cm³/mol. The maximum Gasteiger partial charge on any atom is 0.255 e. The van der Waals surface area contributed by atoms with Crippen LogP contribution in [0.25, 0.3) is 0 Å². The van der Waals surface area contributed by atoms with Crippen molar-refractivity contribution < 1.29 is 28.5 Å². The minimum atomic E-state index is -0.944. The third-order valence-corrected chi connectivity index (χ3v) is 6.03. The maximum atomic E-state index is 14.5. The molecule has 2 aliphatic heterocycles. The van der Waals surface area contributed by atoms with Gasteiger partial charge >= 0.3 is 0 Å². The molecule has 0 aliphatic carbocycles. The fraction of sp³-hybridized carbons (Fsp3) is 0.345. The molecule has 2 heterocycles. The number of amides is 1. The van der Waals surface area contributed by atoms with Crippen LogP contribution >= 0.6 is 0 Å². The zero-order valence-electron chi connectivity index (χ0n) is 21.6. The van der Waals surface area contributed by atoms with Gasteiger partial charge in [-0.25, -0.2) is 4.39 Å². The van der Waals surface area contributed by atoms with Crippen LogP contribution in [-0.2, 0) is 9.47 Å². The van der Waals surface area contributed by atoms with Gasteiger partial charge < -0.3 is 29.5 Å². The van der Waals surface area contributed by atoms with Crippen molar-refractivity contribution in [3.05, 3.63) is 77.6 Å². The van der Waals surface area contributed by atoms with Crippen LogP contribution in [0.1, 0.15) is 49.9 Å². The molecule has 2 aliphatic rings. The lowest BCUT2D eigenvalue weighted by Gasteiger charge is -2.34. The van der Waals surface area contributed by atoms with E-state index in [1.165, 1.54) is 6.07 Å². The zero-order valence-corrected chi connectivity index (χ0v) is 21.6. The van der Waals surface area contributed by atoms with Crippen molar-refractivity contribution in [1.29, 1.82) is 0 Å². The maximum absolute atomic E-state index is 14.5. The van der Waals surface area contributed by atoms with E-state index in [4.69, 9.17) is 14.2 Å². The van der Waals surface area contributed by atoms with E-state index in [1.54, 1.807) is 12.1 Å². The van der Waals surface area contributed by atoms with E-state index in [1.807, 2.05) is 64.1 Å². The van der Waals surface area contributed by atoms with Crippen molar-refractivity contribution >= 4 is 23.0 Å². The minimum absolute atomic E-state index is 0.0542. The molecule has 0 saturated carbocycles. The molecule has 1 fully saturated rings. The molecule has 37 heavy (non-hydrogen) atoms. The number of benzene rings is 3. The Morgan fingerprint density at radius 3 is 2.43 bits per heavy atom. The lowest BCUT2D eigenvalue weighted by molar-refractivity contribution is -0.226. The number of anilines is 3. The molecule has 3 aromatic rings. The van der Waals surface area contributed by atoms with Crippen LogP contribution in [0, 0.1) is 11.2 Å². The van der Waals surface area contributed by atoms with E-state index < -0.39 is 23.8 Å². The van der Waals surface area contributed by atoms with Crippen LogP contribution in [-0.4, -0.2) is 37.4 Å². The largest absolute Gasteiger partial charge is 0.504 e. The Bertz CT molecular complexity index is 1240. The third kappa shape index (κ3) is 5.87. The van der Waals surface area contributed by atoms with Crippen molar-refractivity contribution in [2.75, 3.05) is 36.6 Å². The summed E-state index contributed by atoms with van der Waals surface area (Å²) in [5.74, 6) is -1.17. The van der Waals surface area contributed by atoms with E-state index in [9.17, 15) is 14.3 Å². The predicted octanol–water partition coefficient (Wildman–Crippen LogP) is 6.41. The molecule has 0 unspecified atom stereocenters. The first-order valence-electron chi connectivity index (χ1n) is 12.5. The number of halogens is 1. The van der Waals surface area contributed by atoms with Gasteiger partial charge in [0, 0.05) is 22.4 Å². The fourth-order valence-electron chi connectivity index (χ4n) is 4.17. The Kier molecular flexibility index (Phi) is 8.00. The highest BCUT2D eigenvalue weighted by Gasteiger charge is 2.32. The second-order valence-corrected chi connectivity index (χ2v) is 9.48. The van der Waals surface area contributed by atoms with Crippen LogP contribution in [0.4, 0.5) is 21.5 Å². The highest BCUT2D eigenvalue weighted by molar-refractivity contribution is 6.04. The number of ether oxygens (including phenoxy) is 3. The summed E-state index contributed by atoms with van der Waals surface area (Å²) < 4.78 is 31.5. The van der Waals surface area contributed by atoms with Crippen LogP contribution in [0.5, 0.6) is 11.5 Å². The number of hydrogen-bond acceptors (Lipinski definition) is 6. The van der Waals surface area contributed by atoms with Gasteiger partial charge in [0.1, 0.15) is 12.4 Å². The van der Waals surface area contributed by atoms with Crippen molar-refractivity contribution in [2.24, 2.45) is 5.41 Å². The van der Waals surface area contributed by atoms with Crippen molar-refractivity contribution in [1.82, 2.24) is 0 Å². The molecule has 7 nitrogen and oxygen atoms in total. The molecule has 0 atom stereocenters. The Morgan fingerprint density at radius 1 is 1.05 bits per heavy atom. The number of carbonyl (C=O) groups is 1. The van der Waals surface area contributed by atoms with Gasteiger partial charge in [0.2, 0.25) is 0 Å². The highest BCUT2D eigenvalue weighted by atomic mass is 19.1. The second kappa shape index (κ2) is 11.2. The van der Waals surface area contributed by atoms with Crippen LogP contribution in [0.15, 0.2) is 60.7 Å². The molecule has 3 aromatic carbocycles. The van der Waals surface area contributed by atoms with Crippen molar-refractivity contribution in [3.8, 4) is 11.5 Å². The molecule has 0 bridgehead atoms. The number of nitrogens with one attached hydrogen (secondary N) is 1. The molecular weight excluding hydrogens is 475 g/mol. The average Bonchev–Trinajstić information content (AvgIpc) is 2.91. The summed E-state index contributed by atoms with van der Waals surface area (Å²) >= 11 is 0.